The van der Waals surface area contributed by atoms with Crippen LogP contribution in [0, 0.1) is 5.82 Å². The molecule has 7 heteroatoms. The van der Waals surface area contributed by atoms with E-state index in [2.05, 4.69) is 5.32 Å². The first-order chi connectivity index (χ1) is 9.90. The van der Waals surface area contributed by atoms with Gasteiger partial charge in [-0.1, -0.05) is 29.3 Å². The number of carboxylic acids is 1. The van der Waals surface area contributed by atoms with Crippen molar-refractivity contribution in [2.45, 2.75) is 0 Å². The van der Waals surface area contributed by atoms with E-state index >= 15 is 0 Å². The van der Waals surface area contributed by atoms with E-state index < -0.39 is 17.7 Å². The largest absolute Gasteiger partial charge is 0.478 e. The van der Waals surface area contributed by atoms with Crippen LogP contribution in [0.4, 0.5) is 10.1 Å². The molecule has 21 heavy (non-hydrogen) atoms. The van der Waals surface area contributed by atoms with Crippen LogP contribution >= 0.6 is 23.2 Å². The van der Waals surface area contributed by atoms with Crippen molar-refractivity contribution in [1.29, 1.82) is 0 Å². The predicted octanol–water partition coefficient (Wildman–Crippen LogP) is 4.08. The standard InChI is InChI=1S/C14H8Cl2FNO3/c15-9-2-1-3-10(16)12(9)13(19)18-11-5-4-7(17)6-8(11)14(20)21/h1-6H,(H,18,19)(H,20,21). The first-order valence-corrected chi connectivity index (χ1v) is 6.44. The van der Waals surface area contributed by atoms with Crippen LogP contribution in [0.5, 0.6) is 0 Å². The molecule has 0 fully saturated rings. The van der Waals surface area contributed by atoms with Gasteiger partial charge in [0.15, 0.2) is 0 Å². The monoisotopic (exact) mass is 327 g/mol. The number of aromatic carboxylic acids is 1. The minimum atomic E-state index is -1.37. The Bertz CT molecular complexity index is 714. The van der Waals surface area contributed by atoms with Crippen molar-refractivity contribution in [3.05, 3.63) is 63.4 Å². The summed E-state index contributed by atoms with van der Waals surface area (Å²) in [5, 5.41) is 11.6. The van der Waals surface area contributed by atoms with E-state index in [1.165, 1.54) is 12.1 Å². The number of hydrogen-bond donors (Lipinski definition) is 2. The van der Waals surface area contributed by atoms with Gasteiger partial charge in [0, 0.05) is 0 Å². The third kappa shape index (κ3) is 3.32. The van der Waals surface area contributed by atoms with Crippen molar-refractivity contribution in [3.63, 3.8) is 0 Å². The molecule has 2 aromatic rings. The Hall–Kier alpha value is -2.11. The molecule has 0 unspecified atom stereocenters. The van der Waals surface area contributed by atoms with Gasteiger partial charge in [0.25, 0.3) is 5.91 Å². The summed E-state index contributed by atoms with van der Waals surface area (Å²) in [6.07, 6.45) is 0. The van der Waals surface area contributed by atoms with Crippen LogP contribution in [-0.4, -0.2) is 17.0 Å². The fourth-order valence-corrected chi connectivity index (χ4v) is 2.27. The van der Waals surface area contributed by atoms with Crippen molar-refractivity contribution < 1.29 is 19.1 Å². The summed E-state index contributed by atoms with van der Waals surface area (Å²) in [5.41, 5.74) is -0.405. The van der Waals surface area contributed by atoms with Gasteiger partial charge in [-0.25, -0.2) is 9.18 Å². The van der Waals surface area contributed by atoms with Gasteiger partial charge in [0.2, 0.25) is 0 Å². The lowest BCUT2D eigenvalue weighted by Gasteiger charge is -2.10. The number of amides is 1. The van der Waals surface area contributed by atoms with Crippen LogP contribution in [-0.2, 0) is 0 Å². The highest BCUT2D eigenvalue weighted by Gasteiger charge is 2.18. The second kappa shape index (κ2) is 6.11. The Kier molecular flexibility index (Phi) is 4.45. The average molecular weight is 328 g/mol. The maximum Gasteiger partial charge on any atom is 0.337 e. The van der Waals surface area contributed by atoms with Crippen LogP contribution in [0.3, 0.4) is 0 Å². The van der Waals surface area contributed by atoms with Gasteiger partial charge in [-0.15, -0.1) is 0 Å². The zero-order valence-corrected chi connectivity index (χ0v) is 11.9. The van der Waals surface area contributed by atoms with E-state index in [9.17, 15) is 14.0 Å². The fourth-order valence-electron chi connectivity index (χ4n) is 1.70. The Morgan fingerprint density at radius 2 is 1.71 bits per heavy atom. The predicted molar refractivity (Wildman–Crippen MR) is 77.8 cm³/mol. The van der Waals surface area contributed by atoms with Gasteiger partial charge in [-0.05, 0) is 30.3 Å². The number of carbonyl (C=O) groups is 2. The molecule has 0 spiro atoms. The SMILES string of the molecule is O=C(O)c1cc(F)ccc1NC(=O)c1c(Cl)cccc1Cl. The van der Waals surface area contributed by atoms with E-state index in [-0.39, 0.29) is 26.9 Å². The molecule has 0 radical (unpaired) electrons. The lowest BCUT2D eigenvalue weighted by molar-refractivity contribution is 0.0697. The minimum absolute atomic E-state index is 0.0153. The van der Waals surface area contributed by atoms with Crippen molar-refractivity contribution in [2.75, 3.05) is 5.32 Å². The van der Waals surface area contributed by atoms with E-state index in [0.717, 1.165) is 18.2 Å². The van der Waals surface area contributed by atoms with E-state index in [0.29, 0.717) is 0 Å². The topological polar surface area (TPSA) is 66.4 Å². The Labute approximate surface area is 129 Å². The van der Waals surface area contributed by atoms with Crippen LogP contribution in [0.2, 0.25) is 10.0 Å². The molecule has 0 aliphatic rings. The summed E-state index contributed by atoms with van der Waals surface area (Å²) in [4.78, 5) is 23.2. The van der Waals surface area contributed by atoms with Crippen molar-refractivity contribution in [2.24, 2.45) is 0 Å². The lowest BCUT2D eigenvalue weighted by Crippen LogP contribution is -2.16. The van der Waals surface area contributed by atoms with Gasteiger partial charge >= 0.3 is 5.97 Å². The Morgan fingerprint density at radius 1 is 1.10 bits per heavy atom. The summed E-state index contributed by atoms with van der Waals surface area (Å²) >= 11 is 11.8. The maximum atomic E-state index is 13.1. The first-order valence-electron chi connectivity index (χ1n) is 5.68. The van der Waals surface area contributed by atoms with Gasteiger partial charge in [-0.2, -0.15) is 0 Å². The van der Waals surface area contributed by atoms with Gasteiger partial charge in [0.05, 0.1) is 26.9 Å². The number of benzene rings is 2. The molecule has 1 amide bonds. The van der Waals surface area contributed by atoms with Crippen LogP contribution in [0.15, 0.2) is 36.4 Å². The van der Waals surface area contributed by atoms with Gasteiger partial charge < -0.3 is 10.4 Å². The molecule has 2 aromatic carbocycles. The molecule has 4 nitrogen and oxygen atoms in total. The summed E-state index contributed by atoms with van der Waals surface area (Å²) < 4.78 is 13.1. The molecule has 2 rings (SSSR count). The number of carbonyl (C=O) groups excluding carboxylic acids is 1. The second-order valence-corrected chi connectivity index (χ2v) is 4.86. The normalized spacial score (nSPS) is 10.2. The number of halogens is 3. The smallest absolute Gasteiger partial charge is 0.337 e. The molecule has 108 valence electrons. The number of anilines is 1. The molecule has 0 aliphatic carbocycles. The van der Waals surface area contributed by atoms with Gasteiger partial charge in [-0.3, -0.25) is 4.79 Å². The molecule has 0 atom stereocenters. The summed E-state index contributed by atoms with van der Waals surface area (Å²) in [5.74, 6) is -2.77. The second-order valence-electron chi connectivity index (χ2n) is 4.05. The number of rotatable bonds is 3. The number of hydrogen-bond acceptors (Lipinski definition) is 2. The van der Waals surface area contributed by atoms with Crippen LogP contribution in [0.1, 0.15) is 20.7 Å². The van der Waals surface area contributed by atoms with Crippen LogP contribution < -0.4 is 5.32 Å². The highest BCUT2D eigenvalue weighted by Crippen LogP contribution is 2.26. The average Bonchev–Trinajstić information content (AvgIpc) is 2.40. The number of carboxylic acid groups (broad SMARTS) is 1. The zero-order chi connectivity index (χ0) is 15.6. The fraction of sp³-hybridized carbons (Fsp3) is 0. The first kappa shape index (κ1) is 15.3. The Balaban J connectivity index is 2.39. The van der Waals surface area contributed by atoms with E-state index in [4.69, 9.17) is 28.3 Å². The molecule has 2 N–H and O–H groups in total. The zero-order valence-electron chi connectivity index (χ0n) is 10.4. The third-order valence-corrected chi connectivity index (χ3v) is 3.28. The van der Waals surface area contributed by atoms with Crippen molar-refractivity contribution in [3.8, 4) is 0 Å². The molecule has 0 aromatic heterocycles. The summed E-state index contributed by atoms with van der Waals surface area (Å²) in [6, 6.07) is 7.53. The lowest BCUT2D eigenvalue weighted by atomic mass is 10.1. The molecule has 0 saturated heterocycles. The van der Waals surface area contributed by atoms with Crippen LogP contribution in [0.25, 0.3) is 0 Å². The molecule has 0 heterocycles. The summed E-state index contributed by atoms with van der Waals surface area (Å²) in [7, 11) is 0. The maximum absolute atomic E-state index is 13.1. The molecular weight excluding hydrogens is 320 g/mol. The van der Waals surface area contributed by atoms with Gasteiger partial charge in [0.1, 0.15) is 5.82 Å². The van der Waals surface area contributed by atoms with Crippen molar-refractivity contribution in [1.82, 2.24) is 0 Å². The molecule has 0 bridgehead atoms. The highest BCUT2D eigenvalue weighted by atomic mass is 35.5. The van der Waals surface area contributed by atoms with Crippen molar-refractivity contribution >= 4 is 40.8 Å². The highest BCUT2D eigenvalue weighted by molar-refractivity contribution is 6.40. The molecular formula is C14H8Cl2FNO3. The van der Waals surface area contributed by atoms with E-state index in [1.807, 2.05) is 0 Å². The molecule has 0 aliphatic heterocycles. The van der Waals surface area contributed by atoms with E-state index in [1.54, 1.807) is 6.07 Å². The molecule has 0 saturated carbocycles. The minimum Gasteiger partial charge on any atom is -0.478 e. The third-order valence-electron chi connectivity index (χ3n) is 2.65. The summed E-state index contributed by atoms with van der Waals surface area (Å²) in [6.45, 7) is 0. The quantitative estimate of drug-likeness (QED) is 0.892. The Morgan fingerprint density at radius 3 is 2.29 bits per heavy atom. The number of nitrogens with one attached hydrogen (secondary N) is 1.